The number of fused-ring (bicyclic) bond motifs is 1. The standard InChI is InChI=1S/C16H21N3O/c1-11(2)13(9-10-17)19-16(20)15-8-7-12-5-3-4-6-14(12)18-15/h3-8,11,13H,9-10,17H2,1-2H3,(H,19,20). The van der Waals surface area contributed by atoms with E-state index in [4.69, 9.17) is 5.73 Å². The number of pyridine rings is 1. The van der Waals surface area contributed by atoms with Crippen LogP contribution in [0.5, 0.6) is 0 Å². The first-order valence-corrected chi connectivity index (χ1v) is 6.98. The summed E-state index contributed by atoms with van der Waals surface area (Å²) in [6.07, 6.45) is 0.775. The third-order valence-electron chi connectivity index (χ3n) is 3.43. The predicted molar refractivity (Wildman–Crippen MR) is 81.5 cm³/mol. The maximum atomic E-state index is 12.3. The lowest BCUT2D eigenvalue weighted by Gasteiger charge is -2.21. The van der Waals surface area contributed by atoms with E-state index in [-0.39, 0.29) is 11.9 Å². The molecule has 20 heavy (non-hydrogen) atoms. The first-order valence-electron chi connectivity index (χ1n) is 6.98. The Morgan fingerprint density at radius 3 is 2.70 bits per heavy atom. The first kappa shape index (κ1) is 14.5. The highest BCUT2D eigenvalue weighted by Gasteiger charge is 2.17. The Labute approximate surface area is 119 Å². The summed E-state index contributed by atoms with van der Waals surface area (Å²) in [6.45, 7) is 4.72. The third kappa shape index (κ3) is 3.33. The fraction of sp³-hybridized carbons (Fsp3) is 0.375. The molecular formula is C16H21N3O. The smallest absolute Gasteiger partial charge is 0.270 e. The number of rotatable bonds is 5. The van der Waals surface area contributed by atoms with E-state index >= 15 is 0 Å². The summed E-state index contributed by atoms with van der Waals surface area (Å²) in [5.41, 5.74) is 6.87. The van der Waals surface area contributed by atoms with Crippen LogP contribution in [0.1, 0.15) is 30.8 Å². The van der Waals surface area contributed by atoms with Gasteiger partial charge in [0.15, 0.2) is 0 Å². The van der Waals surface area contributed by atoms with Gasteiger partial charge in [0.1, 0.15) is 5.69 Å². The average Bonchev–Trinajstić information content (AvgIpc) is 2.46. The van der Waals surface area contributed by atoms with Gasteiger partial charge in [0, 0.05) is 11.4 Å². The van der Waals surface area contributed by atoms with Gasteiger partial charge < -0.3 is 11.1 Å². The van der Waals surface area contributed by atoms with Crippen LogP contribution in [0.4, 0.5) is 0 Å². The Hall–Kier alpha value is -1.94. The van der Waals surface area contributed by atoms with E-state index in [0.717, 1.165) is 17.3 Å². The van der Waals surface area contributed by atoms with Crippen LogP contribution in [0, 0.1) is 5.92 Å². The highest BCUT2D eigenvalue weighted by molar-refractivity contribution is 5.95. The van der Waals surface area contributed by atoms with E-state index in [1.54, 1.807) is 6.07 Å². The van der Waals surface area contributed by atoms with Crippen LogP contribution in [-0.2, 0) is 0 Å². The minimum atomic E-state index is -0.136. The number of para-hydroxylation sites is 1. The highest BCUT2D eigenvalue weighted by Crippen LogP contribution is 2.12. The lowest BCUT2D eigenvalue weighted by atomic mass is 10.0. The number of hydrogen-bond acceptors (Lipinski definition) is 3. The molecule has 3 N–H and O–H groups in total. The molecule has 0 fully saturated rings. The van der Waals surface area contributed by atoms with Gasteiger partial charge in [-0.25, -0.2) is 4.98 Å². The molecule has 0 spiro atoms. The summed E-state index contributed by atoms with van der Waals surface area (Å²) in [7, 11) is 0. The SMILES string of the molecule is CC(C)C(CCN)NC(=O)c1ccc2ccccc2n1. The van der Waals surface area contributed by atoms with Gasteiger partial charge in [-0.15, -0.1) is 0 Å². The van der Waals surface area contributed by atoms with Gasteiger partial charge in [0.25, 0.3) is 5.91 Å². The second-order valence-corrected chi connectivity index (χ2v) is 5.29. The molecule has 0 saturated heterocycles. The van der Waals surface area contributed by atoms with Gasteiger partial charge >= 0.3 is 0 Å². The van der Waals surface area contributed by atoms with Gasteiger partial charge in [-0.1, -0.05) is 38.1 Å². The number of aromatic nitrogens is 1. The number of carbonyl (C=O) groups is 1. The fourth-order valence-corrected chi connectivity index (χ4v) is 2.19. The van der Waals surface area contributed by atoms with Crippen LogP contribution >= 0.6 is 0 Å². The molecule has 1 amide bonds. The molecule has 0 aliphatic carbocycles. The van der Waals surface area contributed by atoms with Crippen molar-refractivity contribution in [1.82, 2.24) is 10.3 Å². The van der Waals surface area contributed by atoms with Crippen LogP contribution in [0.3, 0.4) is 0 Å². The number of nitrogens with one attached hydrogen (secondary N) is 1. The molecule has 0 bridgehead atoms. The number of amides is 1. The Balaban J connectivity index is 2.18. The first-order chi connectivity index (χ1) is 9.61. The van der Waals surface area contributed by atoms with Crippen molar-refractivity contribution >= 4 is 16.8 Å². The molecule has 2 aromatic rings. The van der Waals surface area contributed by atoms with Crippen LogP contribution in [0.15, 0.2) is 36.4 Å². The molecule has 0 aliphatic heterocycles. The molecule has 1 heterocycles. The normalized spacial score (nSPS) is 12.6. The van der Waals surface area contributed by atoms with Gasteiger partial charge in [-0.05, 0) is 31.0 Å². The number of benzene rings is 1. The van der Waals surface area contributed by atoms with E-state index in [2.05, 4.69) is 24.1 Å². The second-order valence-electron chi connectivity index (χ2n) is 5.29. The third-order valence-corrected chi connectivity index (χ3v) is 3.43. The van der Waals surface area contributed by atoms with Crippen molar-refractivity contribution in [3.8, 4) is 0 Å². The quantitative estimate of drug-likeness (QED) is 0.877. The Morgan fingerprint density at radius 2 is 2.00 bits per heavy atom. The average molecular weight is 271 g/mol. The van der Waals surface area contributed by atoms with Gasteiger partial charge in [0.2, 0.25) is 0 Å². The van der Waals surface area contributed by atoms with Crippen LogP contribution < -0.4 is 11.1 Å². The van der Waals surface area contributed by atoms with Crippen LogP contribution in [-0.4, -0.2) is 23.5 Å². The van der Waals surface area contributed by atoms with Gasteiger partial charge in [-0.2, -0.15) is 0 Å². The molecule has 1 atom stereocenters. The monoisotopic (exact) mass is 271 g/mol. The highest BCUT2D eigenvalue weighted by atomic mass is 16.1. The topological polar surface area (TPSA) is 68.0 Å². The van der Waals surface area contributed by atoms with Crippen molar-refractivity contribution in [2.45, 2.75) is 26.3 Å². The maximum absolute atomic E-state index is 12.3. The summed E-state index contributed by atoms with van der Waals surface area (Å²) in [5, 5.41) is 4.05. The zero-order valence-electron chi connectivity index (χ0n) is 12.0. The van der Waals surface area contributed by atoms with E-state index in [0.29, 0.717) is 18.2 Å². The molecule has 0 aliphatic rings. The van der Waals surface area contributed by atoms with Crippen molar-refractivity contribution in [1.29, 1.82) is 0 Å². The Kier molecular flexibility index (Phi) is 4.69. The molecule has 0 saturated carbocycles. The Morgan fingerprint density at radius 1 is 1.25 bits per heavy atom. The summed E-state index contributed by atoms with van der Waals surface area (Å²) >= 11 is 0. The fourth-order valence-electron chi connectivity index (χ4n) is 2.19. The summed E-state index contributed by atoms with van der Waals surface area (Å²) in [6, 6.07) is 11.5. The molecule has 4 heteroatoms. The number of carbonyl (C=O) groups excluding carboxylic acids is 1. The Bertz CT molecular complexity index is 595. The van der Waals surface area contributed by atoms with E-state index in [1.807, 2.05) is 30.3 Å². The minimum Gasteiger partial charge on any atom is -0.348 e. The zero-order chi connectivity index (χ0) is 14.5. The minimum absolute atomic E-state index is 0.0840. The van der Waals surface area contributed by atoms with Gasteiger partial charge in [0.05, 0.1) is 5.52 Å². The molecule has 1 aromatic heterocycles. The maximum Gasteiger partial charge on any atom is 0.270 e. The largest absolute Gasteiger partial charge is 0.348 e. The zero-order valence-corrected chi connectivity index (χ0v) is 12.0. The lowest BCUT2D eigenvalue weighted by molar-refractivity contribution is 0.0919. The van der Waals surface area contributed by atoms with Crippen molar-refractivity contribution < 1.29 is 4.79 Å². The van der Waals surface area contributed by atoms with E-state index < -0.39 is 0 Å². The molecule has 1 unspecified atom stereocenters. The summed E-state index contributed by atoms with van der Waals surface area (Å²) in [5.74, 6) is 0.214. The molecular weight excluding hydrogens is 250 g/mol. The van der Waals surface area contributed by atoms with Crippen molar-refractivity contribution in [3.63, 3.8) is 0 Å². The molecule has 4 nitrogen and oxygen atoms in total. The van der Waals surface area contributed by atoms with Crippen LogP contribution in [0.25, 0.3) is 10.9 Å². The molecule has 2 rings (SSSR count). The summed E-state index contributed by atoms with van der Waals surface area (Å²) < 4.78 is 0. The van der Waals surface area contributed by atoms with Crippen molar-refractivity contribution in [2.75, 3.05) is 6.54 Å². The molecule has 0 radical (unpaired) electrons. The second kappa shape index (κ2) is 6.48. The number of nitrogens with two attached hydrogens (primary N) is 1. The predicted octanol–water partition coefficient (Wildman–Crippen LogP) is 2.34. The summed E-state index contributed by atoms with van der Waals surface area (Å²) in [4.78, 5) is 16.7. The van der Waals surface area contributed by atoms with Crippen LogP contribution in [0.2, 0.25) is 0 Å². The van der Waals surface area contributed by atoms with Crippen molar-refractivity contribution in [3.05, 3.63) is 42.1 Å². The lowest BCUT2D eigenvalue weighted by Crippen LogP contribution is -2.40. The number of hydrogen-bond donors (Lipinski definition) is 2. The van der Waals surface area contributed by atoms with Crippen molar-refractivity contribution in [2.24, 2.45) is 11.7 Å². The molecule has 106 valence electrons. The number of nitrogens with zero attached hydrogens (tertiary/aromatic N) is 1. The van der Waals surface area contributed by atoms with E-state index in [9.17, 15) is 4.79 Å². The molecule has 1 aromatic carbocycles. The van der Waals surface area contributed by atoms with E-state index in [1.165, 1.54) is 0 Å². The van der Waals surface area contributed by atoms with Gasteiger partial charge in [-0.3, -0.25) is 4.79 Å².